The van der Waals surface area contributed by atoms with E-state index < -0.39 is 8.07 Å². The van der Waals surface area contributed by atoms with Gasteiger partial charge in [0.15, 0.2) is 8.07 Å². The van der Waals surface area contributed by atoms with Crippen molar-refractivity contribution in [1.82, 2.24) is 4.57 Å². The van der Waals surface area contributed by atoms with Crippen LogP contribution in [0, 0.1) is 5.82 Å². The number of nitrogens with zero attached hydrogens (tertiary/aromatic N) is 2. The fraction of sp³-hybridized carbons (Fsp3) is 0. The molecular formula is C60H43FN2OSi. The lowest BCUT2D eigenvalue weighted by Crippen LogP contribution is -2.74. The molecule has 0 aliphatic heterocycles. The van der Waals surface area contributed by atoms with Gasteiger partial charge >= 0.3 is 0 Å². The lowest BCUT2D eigenvalue weighted by Gasteiger charge is -2.34. The average Bonchev–Trinajstić information content (AvgIpc) is 3.70. The Balaban J connectivity index is 1.14. The molecule has 0 radical (unpaired) electrons. The van der Waals surface area contributed by atoms with Gasteiger partial charge in [0.1, 0.15) is 17.3 Å². The van der Waals surface area contributed by atoms with Gasteiger partial charge in [-0.2, -0.15) is 0 Å². The minimum atomic E-state index is -2.87. The molecule has 0 saturated heterocycles. The highest BCUT2D eigenvalue weighted by atomic mass is 28.3. The summed E-state index contributed by atoms with van der Waals surface area (Å²) in [6, 6.07) is 91.1. The summed E-state index contributed by atoms with van der Waals surface area (Å²) in [5, 5.41) is 7.42. The van der Waals surface area contributed by atoms with Crippen molar-refractivity contribution in [3.05, 3.63) is 267 Å². The highest BCUT2D eigenvalue weighted by Gasteiger charge is 2.41. The first-order valence-corrected chi connectivity index (χ1v) is 23.9. The summed E-state index contributed by atoms with van der Waals surface area (Å²) in [6.07, 6.45) is 0. The van der Waals surface area contributed by atoms with Gasteiger partial charge in [0, 0.05) is 33.5 Å². The molecule has 3 nitrogen and oxygen atoms in total. The predicted molar refractivity (Wildman–Crippen MR) is 271 cm³/mol. The second-order valence-electron chi connectivity index (χ2n) is 16.3. The third kappa shape index (κ3) is 7.38. The van der Waals surface area contributed by atoms with Gasteiger partial charge in [-0.05, 0) is 129 Å². The van der Waals surface area contributed by atoms with Crippen LogP contribution in [0.15, 0.2) is 261 Å². The molecule has 0 saturated carbocycles. The fourth-order valence-corrected chi connectivity index (χ4v) is 14.3. The largest absolute Gasteiger partial charge is 0.457 e. The first-order valence-electron chi connectivity index (χ1n) is 21.9. The van der Waals surface area contributed by atoms with Crippen LogP contribution in [-0.2, 0) is 0 Å². The fourth-order valence-electron chi connectivity index (χ4n) is 9.49. The van der Waals surface area contributed by atoms with Crippen LogP contribution < -0.4 is 30.4 Å². The van der Waals surface area contributed by atoms with Crippen LogP contribution in [0.2, 0.25) is 0 Å². The van der Waals surface area contributed by atoms with E-state index in [2.05, 4.69) is 198 Å². The summed E-state index contributed by atoms with van der Waals surface area (Å²) < 4.78 is 23.0. The topological polar surface area (TPSA) is 17.4 Å². The van der Waals surface area contributed by atoms with Crippen molar-refractivity contribution >= 4 is 67.7 Å². The summed E-state index contributed by atoms with van der Waals surface area (Å²) >= 11 is 0. The maximum absolute atomic E-state index is 14.5. The lowest BCUT2D eigenvalue weighted by atomic mass is 10.0. The summed E-state index contributed by atoms with van der Waals surface area (Å²) in [5.41, 5.74) is 8.30. The molecule has 11 rings (SSSR count). The van der Waals surface area contributed by atoms with E-state index in [9.17, 15) is 4.39 Å². The molecule has 1 heterocycles. The zero-order valence-electron chi connectivity index (χ0n) is 35.5. The Morgan fingerprint density at radius 2 is 0.785 bits per heavy atom. The molecule has 65 heavy (non-hydrogen) atoms. The first kappa shape index (κ1) is 39.6. The molecule has 0 fully saturated rings. The standard InChI is InChI=1S/C60H43FN2OSi/c61-46-28-32-49(33-29-46)63-59-40-36-50(62(47-30-26-45(27-31-47)44-16-6-1-7-17-44)48-34-37-52(38-35-48)64-51-18-8-2-9-19-51)42-57(59)58-43-56(39-41-60(58)63)65(53-20-10-3-11-21-53,54-22-12-4-13-23-54)55-24-14-5-15-25-55/h1-43H. The molecule has 0 amide bonds. The van der Waals surface area contributed by atoms with Gasteiger partial charge in [0.25, 0.3) is 0 Å². The van der Waals surface area contributed by atoms with Crippen molar-refractivity contribution in [3.63, 3.8) is 0 Å². The van der Waals surface area contributed by atoms with Crippen molar-refractivity contribution in [2.45, 2.75) is 0 Å². The number of hydrogen-bond donors (Lipinski definition) is 0. The van der Waals surface area contributed by atoms with Crippen LogP contribution in [0.1, 0.15) is 0 Å². The predicted octanol–water partition coefficient (Wildman–Crippen LogP) is 13.2. The third-order valence-electron chi connectivity index (χ3n) is 12.5. The molecule has 0 aliphatic rings. The molecule has 0 aliphatic carbocycles. The highest BCUT2D eigenvalue weighted by Crippen LogP contribution is 2.41. The number of rotatable bonds is 11. The Hall–Kier alpha value is -8.25. The van der Waals surface area contributed by atoms with Gasteiger partial charge in [-0.25, -0.2) is 4.39 Å². The number of halogens is 1. The Bertz CT molecular complexity index is 3270. The summed E-state index contributed by atoms with van der Waals surface area (Å²) in [5.74, 6) is 1.28. The molecule has 0 unspecified atom stereocenters. The van der Waals surface area contributed by atoms with Crippen molar-refractivity contribution in [3.8, 4) is 28.3 Å². The Morgan fingerprint density at radius 1 is 0.354 bits per heavy atom. The number of fused-ring (bicyclic) bond motifs is 3. The SMILES string of the molecule is Fc1ccc(-n2c3ccc(N(c4ccc(Oc5ccccc5)cc4)c4ccc(-c5ccccc5)cc4)cc3c3cc([Si](c4ccccc4)(c4ccccc4)c4ccccc4)ccc32)cc1. The maximum atomic E-state index is 14.5. The monoisotopic (exact) mass is 854 g/mol. The van der Waals surface area contributed by atoms with Crippen molar-refractivity contribution in [1.29, 1.82) is 0 Å². The molecule has 0 N–H and O–H groups in total. The number of anilines is 3. The van der Waals surface area contributed by atoms with Crippen LogP contribution in [-0.4, -0.2) is 12.6 Å². The molecular weight excluding hydrogens is 812 g/mol. The lowest BCUT2D eigenvalue weighted by molar-refractivity contribution is 0.483. The average molecular weight is 855 g/mol. The van der Waals surface area contributed by atoms with Gasteiger partial charge in [0.05, 0.1) is 11.0 Å². The van der Waals surface area contributed by atoms with Gasteiger partial charge in [-0.15, -0.1) is 0 Å². The van der Waals surface area contributed by atoms with Crippen LogP contribution in [0.5, 0.6) is 11.5 Å². The van der Waals surface area contributed by atoms with Crippen molar-refractivity contribution in [2.75, 3.05) is 4.90 Å². The van der Waals surface area contributed by atoms with Crippen molar-refractivity contribution in [2.24, 2.45) is 0 Å². The van der Waals surface area contributed by atoms with Crippen LogP contribution >= 0.6 is 0 Å². The third-order valence-corrected chi connectivity index (χ3v) is 17.2. The Kier molecular flexibility index (Phi) is 10.4. The second-order valence-corrected chi connectivity index (χ2v) is 20.1. The van der Waals surface area contributed by atoms with Gasteiger partial charge in [-0.3, -0.25) is 0 Å². The van der Waals surface area contributed by atoms with Crippen LogP contribution in [0.25, 0.3) is 38.6 Å². The van der Waals surface area contributed by atoms with Gasteiger partial charge in [0.2, 0.25) is 0 Å². The molecule has 1 aromatic heterocycles. The number of hydrogen-bond acceptors (Lipinski definition) is 2. The number of ether oxygens (including phenoxy) is 1. The normalized spacial score (nSPS) is 11.5. The van der Waals surface area contributed by atoms with Crippen molar-refractivity contribution < 1.29 is 9.13 Å². The first-order chi connectivity index (χ1) is 32.1. The maximum Gasteiger partial charge on any atom is 0.179 e. The van der Waals surface area contributed by atoms with E-state index in [1.54, 1.807) is 12.1 Å². The van der Waals surface area contributed by atoms with E-state index in [0.29, 0.717) is 0 Å². The number of benzene rings is 10. The molecule has 11 aromatic rings. The summed E-state index contributed by atoms with van der Waals surface area (Å²) in [6.45, 7) is 0. The van der Waals surface area contributed by atoms with E-state index >= 15 is 0 Å². The van der Waals surface area contributed by atoms with Crippen LogP contribution in [0.4, 0.5) is 21.5 Å². The molecule has 310 valence electrons. The minimum absolute atomic E-state index is 0.266. The smallest absolute Gasteiger partial charge is 0.179 e. The summed E-state index contributed by atoms with van der Waals surface area (Å²) in [4.78, 5) is 2.31. The second kappa shape index (κ2) is 17.1. The minimum Gasteiger partial charge on any atom is -0.457 e. The van der Waals surface area contributed by atoms with E-state index in [-0.39, 0.29) is 5.82 Å². The molecule has 0 bridgehead atoms. The van der Waals surface area contributed by atoms with Gasteiger partial charge in [-0.1, -0.05) is 164 Å². The van der Waals surface area contributed by atoms with E-state index in [1.165, 1.54) is 26.3 Å². The molecule has 5 heteroatoms. The van der Waals surface area contributed by atoms with E-state index in [0.717, 1.165) is 61.6 Å². The Labute approximate surface area is 379 Å². The van der Waals surface area contributed by atoms with Gasteiger partial charge < -0.3 is 14.2 Å². The van der Waals surface area contributed by atoms with E-state index in [4.69, 9.17) is 4.74 Å². The molecule has 10 aromatic carbocycles. The zero-order chi connectivity index (χ0) is 43.6. The van der Waals surface area contributed by atoms with Crippen LogP contribution in [0.3, 0.4) is 0 Å². The quantitative estimate of drug-likeness (QED) is 0.0953. The number of aromatic nitrogens is 1. The Morgan fingerprint density at radius 3 is 1.34 bits per heavy atom. The number of para-hydroxylation sites is 1. The molecule has 0 spiro atoms. The summed E-state index contributed by atoms with van der Waals surface area (Å²) in [7, 11) is -2.87. The highest BCUT2D eigenvalue weighted by molar-refractivity contribution is 7.20. The zero-order valence-corrected chi connectivity index (χ0v) is 36.5. The van der Waals surface area contributed by atoms with E-state index in [1.807, 2.05) is 60.7 Å². The molecule has 0 atom stereocenters.